The molecule has 4 rings (SSSR count). The Morgan fingerprint density at radius 1 is 1.21 bits per heavy atom. The Hall–Kier alpha value is -3.42. The highest BCUT2D eigenvalue weighted by atomic mass is 16.2. The van der Waals surface area contributed by atoms with Gasteiger partial charge in [0.15, 0.2) is 5.69 Å². The number of pyridine rings is 1. The Kier molecular flexibility index (Phi) is 4.46. The molecule has 0 aliphatic carbocycles. The molecule has 8 heteroatoms. The predicted octanol–water partition coefficient (Wildman–Crippen LogP) is 2.56. The van der Waals surface area contributed by atoms with Gasteiger partial charge in [0.2, 0.25) is 0 Å². The number of carbonyl (C=O) groups excluding carboxylic acids is 2. The maximum Gasteiger partial charge on any atom is 0.322 e. The van der Waals surface area contributed by atoms with Crippen molar-refractivity contribution in [3.05, 3.63) is 53.0 Å². The number of aromatic amines is 1. The molecular weight excluding hydrogens is 356 g/mol. The lowest BCUT2D eigenvalue weighted by atomic mass is 10.1. The van der Waals surface area contributed by atoms with Crippen molar-refractivity contribution >= 4 is 28.5 Å². The summed E-state index contributed by atoms with van der Waals surface area (Å²) < 4.78 is 0. The number of urea groups is 1. The van der Waals surface area contributed by atoms with Crippen molar-refractivity contribution in [2.75, 3.05) is 26.0 Å². The van der Waals surface area contributed by atoms with Crippen LogP contribution in [0.5, 0.6) is 0 Å². The number of rotatable bonds is 2. The van der Waals surface area contributed by atoms with Crippen molar-refractivity contribution in [3.8, 4) is 0 Å². The Morgan fingerprint density at radius 3 is 2.82 bits per heavy atom. The molecule has 2 aromatic heterocycles. The number of fused-ring (bicyclic) bond motifs is 2. The molecule has 0 radical (unpaired) electrons. The molecular formula is C20H22N6O2. The summed E-state index contributed by atoms with van der Waals surface area (Å²) in [5.74, 6) is -0.171. The predicted molar refractivity (Wildman–Crippen MR) is 106 cm³/mol. The molecule has 3 amide bonds. The van der Waals surface area contributed by atoms with E-state index in [1.807, 2.05) is 37.3 Å². The molecule has 0 saturated heterocycles. The number of hydrogen-bond acceptors (Lipinski definition) is 4. The first-order chi connectivity index (χ1) is 13.4. The minimum absolute atomic E-state index is 0.171. The van der Waals surface area contributed by atoms with Crippen LogP contribution in [0.1, 0.15) is 27.4 Å². The average molecular weight is 378 g/mol. The van der Waals surface area contributed by atoms with Crippen LogP contribution in [0, 0.1) is 6.92 Å². The maximum atomic E-state index is 12.9. The molecule has 3 heterocycles. The van der Waals surface area contributed by atoms with Gasteiger partial charge in [-0.25, -0.2) is 4.79 Å². The van der Waals surface area contributed by atoms with Crippen LogP contribution in [-0.2, 0) is 13.0 Å². The lowest BCUT2D eigenvalue weighted by Gasteiger charge is -2.27. The lowest BCUT2D eigenvalue weighted by molar-refractivity contribution is 0.0819. The van der Waals surface area contributed by atoms with Crippen molar-refractivity contribution < 1.29 is 9.59 Å². The monoisotopic (exact) mass is 378 g/mol. The number of anilines is 1. The van der Waals surface area contributed by atoms with E-state index in [9.17, 15) is 9.59 Å². The van der Waals surface area contributed by atoms with E-state index in [2.05, 4.69) is 20.5 Å². The van der Waals surface area contributed by atoms with Gasteiger partial charge >= 0.3 is 6.03 Å². The van der Waals surface area contributed by atoms with Gasteiger partial charge in [-0.2, -0.15) is 5.10 Å². The first kappa shape index (κ1) is 18.0. The minimum Gasteiger partial charge on any atom is -0.343 e. The van der Waals surface area contributed by atoms with E-state index in [1.54, 1.807) is 19.0 Å². The molecule has 2 N–H and O–H groups in total. The van der Waals surface area contributed by atoms with Gasteiger partial charge in [0.25, 0.3) is 5.91 Å². The fourth-order valence-corrected chi connectivity index (χ4v) is 3.42. The van der Waals surface area contributed by atoms with Crippen LogP contribution in [0.2, 0.25) is 0 Å². The SMILES string of the molecule is Cc1ccc2c(NC(=O)N3CCc4[nH]nc(C(=O)N(C)C)c4C3)cccc2n1. The molecule has 0 fully saturated rings. The van der Waals surface area contributed by atoms with Crippen LogP contribution >= 0.6 is 0 Å². The number of benzene rings is 1. The summed E-state index contributed by atoms with van der Waals surface area (Å²) in [4.78, 5) is 32.9. The molecule has 1 aliphatic rings. The van der Waals surface area contributed by atoms with Crippen LogP contribution in [0.25, 0.3) is 10.9 Å². The van der Waals surface area contributed by atoms with Crippen LogP contribution in [0.15, 0.2) is 30.3 Å². The standard InChI is InChI=1S/C20H22N6O2/c1-12-7-8-13-15(21-12)5-4-6-16(13)22-20(28)26-10-9-17-14(11-26)18(24-23-17)19(27)25(2)3/h4-8H,9-11H2,1-3H3,(H,22,28)(H,23,24). The zero-order valence-electron chi connectivity index (χ0n) is 16.1. The van der Waals surface area contributed by atoms with E-state index in [1.165, 1.54) is 4.90 Å². The summed E-state index contributed by atoms with van der Waals surface area (Å²) in [7, 11) is 3.37. The molecule has 3 aromatic rings. The van der Waals surface area contributed by atoms with Gasteiger partial charge in [0.1, 0.15) is 0 Å². The average Bonchev–Trinajstić information content (AvgIpc) is 3.10. The first-order valence-corrected chi connectivity index (χ1v) is 9.14. The van der Waals surface area contributed by atoms with Gasteiger partial charge in [-0.3, -0.25) is 14.9 Å². The largest absolute Gasteiger partial charge is 0.343 e. The van der Waals surface area contributed by atoms with Gasteiger partial charge in [0.05, 0.1) is 17.7 Å². The summed E-state index contributed by atoms with van der Waals surface area (Å²) in [6.45, 7) is 2.83. The van der Waals surface area contributed by atoms with Crippen LogP contribution < -0.4 is 5.32 Å². The van der Waals surface area contributed by atoms with E-state index in [0.717, 1.165) is 33.5 Å². The highest BCUT2D eigenvalue weighted by Gasteiger charge is 2.28. The normalized spacial score (nSPS) is 13.3. The summed E-state index contributed by atoms with van der Waals surface area (Å²) in [5.41, 5.74) is 4.57. The Bertz CT molecular complexity index is 1070. The van der Waals surface area contributed by atoms with Crippen molar-refractivity contribution in [1.29, 1.82) is 0 Å². The van der Waals surface area contributed by atoms with E-state index >= 15 is 0 Å². The van der Waals surface area contributed by atoms with E-state index in [-0.39, 0.29) is 11.9 Å². The van der Waals surface area contributed by atoms with Gasteiger partial charge < -0.3 is 15.1 Å². The van der Waals surface area contributed by atoms with E-state index < -0.39 is 0 Å². The number of nitrogens with one attached hydrogen (secondary N) is 2. The third-order valence-electron chi connectivity index (χ3n) is 4.94. The highest BCUT2D eigenvalue weighted by molar-refractivity contribution is 6.00. The molecule has 28 heavy (non-hydrogen) atoms. The molecule has 0 unspecified atom stereocenters. The fourth-order valence-electron chi connectivity index (χ4n) is 3.42. The number of hydrogen-bond donors (Lipinski definition) is 2. The second kappa shape index (κ2) is 6.95. The lowest BCUT2D eigenvalue weighted by Crippen LogP contribution is -2.39. The van der Waals surface area contributed by atoms with Crippen LogP contribution in [0.3, 0.4) is 0 Å². The molecule has 0 bridgehead atoms. The van der Waals surface area contributed by atoms with Crippen molar-refractivity contribution in [1.82, 2.24) is 25.0 Å². The van der Waals surface area contributed by atoms with Gasteiger partial charge in [0, 0.05) is 49.4 Å². The Labute approximate surface area is 162 Å². The van der Waals surface area contributed by atoms with Crippen LogP contribution in [0.4, 0.5) is 10.5 Å². The number of aryl methyl sites for hydroxylation is 1. The molecule has 0 saturated carbocycles. The summed E-state index contributed by atoms with van der Waals surface area (Å²) >= 11 is 0. The van der Waals surface area contributed by atoms with Crippen molar-refractivity contribution in [2.24, 2.45) is 0 Å². The Balaban J connectivity index is 1.56. The number of amides is 3. The molecule has 1 aliphatic heterocycles. The second-order valence-corrected chi connectivity index (χ2v) is 7.16. The molecule has 8 nitrogen and oxygen atoms in total. The van der Waals surface area contributed by atoms with E-state index in [0.29, 0.717) is 25.2 Å². The second-order valence-electron chi connectivity index (χ2n) is 7.16. The number of H-pyrrole nitrogens is 1. The fraction of sp³-hybridized carbons (Fsp3) is 0.300. The van der Waals surface area contributed by atoms with Gasteiger partial charge in [-0.05, 0) is 31.2 Å². The topological polar surface area (TPSA) is 94.2 Å². The highest BCUT2D eigenvalue weighted by Crippen LogP contribution is 2.25. The Morgan fingerprint density at radius 2 is 2.04 bits per heavy atom. The first-order valence-electron chi connectivity index (χ1n) is 9.14. The molecule has 1 aromatic carbocycles. The van der Waals surface area contributed by atoms with Gasteiger partial charge in [-0.15, -0.1) is 0 Å². The third kappa shape index (κ3) is 3.17. The molecule has 0 spiro atoms. The number of nitrogens with zero attached hydrogens (tertiary/aromatic N) is 4. The summed E-state index contributed by atoms with van der Waals surface area (Å²) in [6.07, 6.45) is 0.632. The summed E-state index contributed by atoms with van der Waals surface area (Å²) in [6, 6.07) is 9.36. The van der Waals surface area contributed by atoms with Crippen molar-refractivity contribution in [3.63, 3.8) is 0 Å². The van der Waals surface area contributed by atoms with E-state index in [4.69, 9.17) is 0 Å². The zero-order valence-corrected chi connectivity index (χ0v) is 16.1. The zero-order chi connectivity index (χ0) is 19.8. The smallest absolute Gasteiger partial charge is 0.322 e. The number of aromatic nitrogens is 3. The number of carbonyl (C=O) groups is 2. The van der Waals surface area contributed by atoms with Crippen LogP contribution in [-0.4, -0.2) is 57.6 Å². The summed E-state index contributed by atoms with van der Waals surface area (Å²) in [5, 5.41) is 11.0. The van der Waals surface area contributed by atoms with Gasteiger partial charge in [-0.1, -0.05) is 6.07 Å². The molecule has 144 valence electrons. The minimum atomic E-state index is -0.205. The third-order valence-corrected chi connectivity index (χ3v) is 4.94. The maximum absolute atomic E-state index is 12.9. The van der Waals surface area contributed by atoms with Crippen molar-refractivity contribution in [2.45, 2.75) is 19.9 Å². The molecule has 0 atom stereocenters. The quantitative estimate of drug-likeness (QED) is 0.717.